The van der Waals surface area contributed by atoms with Crippen LogP contribution in [0.25, 0.3) is 6.08 Å². The van der Waals surface area contributed by atoms with Crippen LogP contribution in [0, 0.1) is 5.82 Å². The van der Waals surface area contributed by atoms with E-state index in [-0.39, 0.29) is 23.7 Å². The summed E-state index contributed by atoms with van der Waals surface area (Å²) in [5.41, 5.74) is 0.684. The van der Waals surface area contributed by atoms with E-state index in [1.54, 1.807) is 11.0 Å². The highest BCUT2D eigenvalue weighted by Gasteiger charge is 2.22. The van der Waals surface area contributed by atoms with Gasteiger partial charge in [-0.2, -0.15) is 0 Å². The third-order valence-corrected chi connectivity index (χ3v) is 5.01. The van der Waals surface area contributed by atoms with Gasteiger partial charge in [0.2, 0.25) is 0 Å². The average Bonchev–Trinajstić information content (AvgIpc) is 2.57. The molecule has 1 aliphatic heterocycles. The van der Waals surface area contributed by atoms with E-state index >= 15 is 0 Å². The van der Waals surface area contributed by atoms with Gasteiger partial charge in [0, 0.05) is 24.7 Å². The molecule has 0 amide bonds. The van der Waals surface area contributed by atoms with Gasteiger partial charge >= 0.3 is 5.97 Å². The number of carboxylic acids is 1. The predicted molar refractivity (Wildman–Crippen MR) is 78.6 cm³/mol. The van der Waals surface area contributed by atoms with Crippen molar-refractivity contribution in [2.45, 2.75) is 6.42 Å². The lowest BCUT2D eigenvalue weighted by Gasteiger charge is -2.24. The van der Waals surface area contributed by atoms with Crippen molar-refractivity contribution >= 4 is 27.6 Å². The Labute approximate surface area is 122 Å². The molecule has 114 valence electrons. The smallest absolute Gasteiger partial charge is 0.328 e. The van der Waals surface area contributed by atoms with E-state index < -0.39 is 21.6 Å². The Bertz CT molecular complexity index is 670. The van der Waals surface area contributed by atoms with Crippen LogP contribution in [0.3, 0.4) is 0 Å². The second kappa shape index (κ2) is 6.26. The summed E-state index contributed by atoms with van der Waals surface area (Å²) < 4.78 is 37.4. The van der Waals surface area contributed by atoms with Crippen molar-refractivity contribution in [3.63, 3.8) is 0 Å². The molecule has 0 unspecified atom stereocenters. The zero-order valence-corrected chi connectivity index (χ0v) is 12.1. The summed E-state index contributed by atoms with van der Waals surface area (Å²) in [7, 11) is -3.09. The highest BCUT2D eigenvalue weighted by molar-refractivity contribution is 7.91. The van der Waals surface area contributed by atoms with Crippen molar-refractivity contribution in [3.8, 4) is 0 Å². The number of hydrogen-bond donors (Lipinski definition) is 1. The fraction of sp³-hybridized carbons (Fsp3) is 0.357. The topological polar surface area (TPSA) is 74.7 Å². The molecular formula is C14H16FNO4S. The molecule has 1 saturated heterocycles. The molecule has 1 aliphatic rings. The van der Waals surface area contributed by atoms with Gasteiger partial charge in [0.1, 0.15) is 5.82 Å². The molecule has 7 heteroatoms. The van der Waals surface area contributed by atoms with Crippen LogP contribution in [0.2, 0.25) is 0 Å². The largest absolute Gasteiger partial charge is 0.478 e. The maximum Gasteiger partial charge on any atom is 0.328 e. The molecule has 0 radical (unpaired) electrons. The number of anilines is 1. The zero-order chi connectivity index (χ0) is 15.5. The Morgan fingerprint density at radius 3 is 2.76 bits per heavy atom. The fourth-order valence-electron chi connectivity index (χ4n) is 2.32. The van der Waals surface area contributed by atoms with E-state index in [0.29, 0.717) is 18.5 Å². The Balaban J connectivity index is 2.36. The van der Waals surface area contributed by atoms with Gasteiger partial charge in [0.05, 0.1) is 17.2 Å². The minimum Gasteiger partial charge on any atom is -0.478 e. The molecule has 0 bridgehead atoms. The molecule has 1 heterocycles. The highest BCUT2D eigenvalue weighted by atomic mass is 32.2. The first-order valence-corrected chi connectivity index (χ1v) is 8.36. The number of nitrogens with zero attached hydrogens (tertiary/aromatic N) is 1. The highest BCUT2D eigenvalue weighted by Crippen LogP contribution is 2.27. The first-order chi connectivity index (χ1) is 9.89. The first-order valence-electron chi connectivity index (χ1n) is 6.54. The molecule has 5 nitrogen and oxygen atoms in total. The molecule has 1 fully saturated rings. The SMILES string of the molecule is O=C(O)/C=C/c1cccc(F)c1N1CCCS(=O)(=O)CC1. The van der Waals surface area contributed by atoms with E-state index in [1.807, 2.05) is 0 Å². The Morgan fingerprint density at radius 1 is 1.29 bits per heavy atom. The number of aliphatic carboxylic acids is 1. The summed E-state index contributed by atoms with van der Waals surface area (Å²) in [5, 5.41) is 8.69. The average molecular weight is 313 g/mol. The zero-order valence-electron chi connectivity index (χ0n) is 11.3. The van der Waals surface area contributed by atoms with E-state index in [1.165, 1.54) is 18.2 Å². The molecular weight excluding hydrogens is 297 g/mol. The number of para-hydroxylation sites is 1. The second-order valence-electron chi connectivity index (χ2n) is 4.84. The van der Waals surface area contributed by atoms with Gasteiger partial charge in [-0.25, -0.2) is 17.6 Å². The molecule has 0 aliphatic carbocycles. The van der Waals surface area contributed by atoms with E-state index in [4.69, 9.17) is 5.11 Å². The van der Waals surface area contributed by atoms with E-state index in [9.17, 15) is 17.6 Å². The quantitative estimate of drug-likeness (QED) is 0.857. The maximum atomic E-state index is 14.1. The number of sulfone groups is 1. The number of hydrogen-bond acceptors (Lipinski definition) is 4. The minimum atomic E-state index is -3.09. The molecule has 2 rings (SSSR count). The van der Waals surface area contributed by atoms with Crippen LogP contribution in [0.1, 0.15) is 12.0 Å². The lowest BCUT2D eigenvalue weighted by Crippen LogP contribution is -2.28. The number of carboxylic acid groups (broad SMARTS) is 1. The number of carbonyl (C=O) groups is 1. The second-order valence-corrected chi connectivity index (χ2v) is 7.15. The lowest BCUT2D eigenvalue weighted by molar-refractivity contribution is -0.131. The minimum absolute atomic E-state index is 0.0244. The van der Waals surface area contributed by atoms with E-state index in [2.05, 4.69) is 0 Å². The van der Waals surface area contributed by atoms with Crippen LogP contribution < -0.4 is 4.90 Å². The summed E-state index contributed by atoms with van der Waals surface area (Å²) in [6.45, 7) is 0.630. The Morgan fingerprint density at radius 2 is 2.05 bits per heavy atom. The van der Waals surface area contributed by atoms with Crippen molar-refractivity contribution in [2.75, 3.05) is 29.5 Å². The van der Waals surface area contributed by atoms with Crippen molar-refractivity contribution in [1.82, 2.24) is 0 Å². The summed E-state index contributed by atoms with van der Waals surface area (Å²) in [4.78, 5) is 12.3. The summed E-state index contributed by atoms with van der Waals surface area (Å²) >= 11 is 0. The number of rotatable bonds is 3. The predicted octanol–water partition coefficient (Wildman–Crippen LogP) is 1.55. The Kier molecular flexibility index (Phi) is 4.62. The van der Waals surface area contributed by atoms with Gasteiger partial charge in [0.15, 0.2) is 9.84 Å². The van der Waals surface area contributed by atoms with Crippen LogP contribution in [-0.2, 0) is 14.6 Å². The van der Waals surface area contributed by atoms with Crippen molar-refractivity contribution in [1.29, 1.82) is 0 Å². The fourth-order valence-corrected chi connectivity index (χ4v) is 3.59. The van der Waals surface area contributed by atoms with E-state index in [0.717, 1.165) is 6.08 Å². The van der Waals surface area contributed by atoms with Gasteiger partial charge in [-0.15, -0.1) is 0 Å². The van der Waals surface area contributed by atoms with Crippen LogP contribution in [0.4, 0.5) is 10.1 Å². The third kappa shape index (κ3) is 4.04. The molecule has 21 heavy (non-hydrogen) atoms. The van der Waals surface area contributed by atoms with Gasteiger partial charge in [-0.05, 0) is 18.6 Å². The van der Waals surface area contributed by atoms with Gasteiger partial charge < -0.3 is 10.0 Å². The summed E-state index contributed by atoms with van der Waals surface area (Å²) in [6.07, 6.45) is 2.69. The summed E-state index contributed by atoms with van der Waals surface area (Å²) in [5.74, 6) is -1.53. The molecule has 1 aromatic carbocycles. The van der Waals surface area contributed by atoms with Gasteiger partial charge in [-0.3, -0.25) is 0 Å². The molecule has 0 aromatic heterocycles. The monoisotopic (exact) mass is 313 g/mol. The molecule has 1 aromatic rings. The maximum absolute atomic E-state index is 14.1. The molecule has 1 N–H and O–H groups in total. The van der Waals surface area contributed by atoms with Crippen LogP contribution in [0.15, 0.2) is 24.3 Å². The van der Waals surface area contributed by atoms with Crippen molar-refractivity contribution in [2.24, 2.45) is 0 Å². The van der Waals surface area contributed by atoms with Crippen LogP contribution >= 0.6 is 0 Å². The Hall–Kier alpha value is -1.89. The number of halogens is 1. The first kappa shape index (κ1) is 15.5. The molecule has 0 atom stereocenters. The van der Waals surface area contributed by atoms with Crippen molar-refractivity contribution in [3.05, 3.63) is 35.7 Å². The van der Waals surface area contributed by atoms with Crippen LogP contribution in [0.5, 0.6) is 0 Å². The molecule has 0 saturated carbocycles. The normalized spacial score (nSPS) is 18.6. The third-order valence-electron chi connectivity index (χ3n) is 3.30. The molecule has 0 spiro atoms. The standard InChI is InChI=1S/C14H16FNO4S/c15-12-4-1-3-11(5-6-13(17)18)14(12)16-7-2-9-21(19,20)10-8-16/h1,3-6H,2,7-10H2,(H,17,18)/b6-5+. The lowest BCUT2D eigenvalue weighted by atomic mass is 10.1. The summed E-state index contributed by atoms with van der Waals surface area (Å²) in [6, 6.07) is 4.39. The number of benzene rings is 1. The van der Waals surface area contributed by atoms with Crippen molar-refractivity contribution < 1.29 is 22.7 Å². The van der Waals surface area contributed by atoms with Crippen LogP contribution in [-0.4, -0.2) is 44.1 Å². The van der Waals surface area contributed by atoms with Gasteiger partial charge in [-0.1, -0.05) is 12.1 Å². The van der Waals surface area contributed by atoms with Gasteiger partial charge in [0.25, 0.3) is 0 Å².